The van der Waals surface area contributed by atoms with Gasteiger partial charge >= 0.3 is 12.2 Å². The van der Waals surface area contributed by atoms with E-state index in [1.165, 1.54) is 0 Å². The van der Waals surface area contributed by atoms with Crippen molar-refractivity contribution >= 4 is 29.7 Å². The predicted octanol–water partition coefficient (Wildman–Crippen LogP) is -0.977. The van der Waals surface area contributed by atoms with Crippen LogP contribution in [0.4, 0.5) is 0 Å². The smallest absolute Gasteiger partial charge is 0.328 e. The second-order valence-electron chi connectivity index (χ2n) is 4.81. The molecule has 0 saturated heterocycles. The highest BCUT2D eigenvalue weighted by molar-refractivity contribution is 6.25. The van der Waals surface area contributed by atoms with Gasteiger partial charge in [-0.15, -0.1) is 0 Å². The molecule has 2 N–H and O–H groups in total. The first kappa shape index (κ1) is 19.6. The van der Waals surface area contributed by atoms with Gasteiger partial charge in [-0.1, -0.05) is 0 Å². The van der Waals surface area contributed by atoms with Crippen LogP contribution in [0.3, 0.4) is 0 Å². The molecule has 0 radical (unpaired) electrons. The quantitative estimate of drug-likeness (QED) is 0.184. The van der Waals surface area contributed by atoms with Gasteiger partial charge in [-0.25, -0.2) is 4.79 Å². The largest absolute Gasteiger partial charge is 0.461 e. The lowest BCUT2D eigenvalue weighted by Gasteiger charge is -2.19. The molecule has 2 atom stereocenters. The number of carbonyl (C=O) groups excluding carboxylic acids is 4. The van der Waals surface area contributed by atoms with E-state index in [1.54, 1.807) is 13.8 Å². The van der Waals surface area contributed by atoms with Crippen molar-refractivity contribution in [2.24, 2.45) is 0 Å². The molecule has 9 nitrogen and oxygen atoms in total. The van der Waals surface area contributed by atoms with Crippen molar-refractivity contribution in [3.8, 4) is 0 Å². The molecule has 0 aromatic carbocycles. The van der Waals surface area contributed by atoms with Crippen molar-refractivity contribution in [3.63, 3.8) is 0 Å². The third-order valence-electron chi connectivity index (χ3n) is 2.47. The second-order valence-corrected chi connectivity index (χ2v) is 4.81. The number of ketones is 2. The highest BCUT2D eigenvalue weighted by Gasteiger charge is 2.28. The number of aliphatic hydroxyl groups excluding tert-OH is 1. The molecule has 0 rings (SSSR count). The Bertz CT molecular complexity index is 496. The standard InChI is InChI=1S/C13H19N3O6/c1-7(2)22-13(21)10(5-4-9(18)6-15-14)16-12(20)11(19)8(3)17/h6-7,10-11,19H,4-5H2,1-3H3,(H,16,20)/t10-,11+/m0/s1. The number of nitrogens with one attached hydrogen (secondary N) is 1. The highest BCUT2D eigenvalue weighted by atomic mass is 16.5. The number of hydrogen-bond acceptors (Lipinski definition) is 6. The first-order chi connectivity index (χ1) is 10.2. The first-order valence-corrected chi connectivity index (χ1v) is 6.58. The highest BCUT2D eigenvalue weighted by Crippen LogP contribution is 2.04. The van der Waals surface area contributed by atoms with Gasteiger partial charge in [-0.05, 0) is 27.2 Å². The van der Waals surface area contributed by atoms with Crippen LogP contribution in [-0.2, 0) is 23.9 Å². The fraction of sp³-hybridized carbons (Fsp3) is 0.615. The Morgan fingerprint density at radius 3 is 2.36 bits per heavy atom. The third-order valence-corrected chi connectivity index (χ3v) is 2.47. The SMILES string of the molecule is CC(=O)[C@@H](O)C(=O)N[C@@H](CCC(=O)C=[N+]=[N-])C(=O)OC(C)C. The molecular weight excluding hydrogens is 294 g/mol. The summed E-state index contributed by atoms with van der Waals surface area (Å²) in [6, 6.07) is -1.21. The molecule has 0 aromatic rings. The van der Waals surface area contributed by atoms with E-state index in [-0.39, 0.29) is 12.8 Å². The van der Waals surface area contributed by atoms with Crippen molar-refractivity contribution < 1.29 is 33.8 Å². The summed E-state index contributed by atoms with van der Waals surface area (Å²) in [5.74, 6) is -3.20. The number of rotatable bonds is 9. The molecule has 0 fully saturated rings. The van der Waals surface area contributed by atoms with Crippen LogP contribution in [0.1, 0.15) is 33.6 Å². The summed E-state index contributed by atoms with van der Waals surface area (Å²) < 4.78 is 4.93. The maximum atomic E-state index is 11.9. The van der Waals surface area contributed by atoms with Crippen LogP contribution in [0, 0.1) is 0 Å². The number of amides is 1. The van der Waals surface area contributed by atoms with Crippen molar-refractivity contribution in [2.75, 3.05) is 0 Å². The van der Waals surface area contributed by atoms with Gasteiger partial charge in [-0.2, -0.15) is 4.79 Å². The summed E-state index contributed by atoms with van der Waals surface area (Å²) in [6.45, 7) is 4.22. The summed E-state index contributed by atoms with van der Waals surface area (Å²) in [5, 5.41) is 11.5. The summed E-state index contributed by atoms with van der Waals surface area (Å²) in [6.07, 6.45) is -2.01. The van der Waals surface area contributed by atoms with Gasteiger partial charge < -0.3 is 20.7 Å². The Morgan fingerprint density at radius 1 is 1.32 bits per heavy atom. The molecule has 0 saturated carbocycles. The zero-order chi connectivity index (χ0) is 17.3. The molecule has 0 spiro atoms. The molecular formula is C13H19N3O6. The lowest BCUT2D eigenvalue weighted by molar-refractivity contribution is -0.153. The number of esters is 1. The van der Waals surface area contributed by atoms with E-state index in [4.69, 9.17) is 10.3 Å². The zero-order valence-corrected chi connectivity index (χ0v) is 12.6. The molecule has 0 bridgehead atoms. The van der Waals surface area contributed by atoms with Gasteiger partial charge in [0.05, 0.1) is 6.10 Å². The Kier molecular flexibility index (Phi) is 8.51. The average Bonchev–Trinajstić information content (AvgIpc) is 2.41. The number of Topliss-reactive ketones (excluding diaryl/α,β-unsaturated/α-hetero) is 2. The molecule has 0 aliphatic rings. The van der Waals surface area contributed by atoms with Crippen LogP contribution < -0.4 is 5.32 Å². The maximum absolute atomic E-state index is 11.9. The van der Waals surface area contributed by atoms with Crippen molar-refractivity contribution in [3.05, 3.63) is 5.53 Å². The minimum absolute atomic E-state index is 0.132. The molecule has 0 aliphatic heterocycles. The third kappa shape index (κ3) is 7.41. The van der Waals surface area contributed by atoms with E-state index in [2.05, 4.69) is 10.1 Å². The molecule has 0 unspecified atom stereocenters. The predicted molar refractivity (Wildman–Crippen MR) is 73.8 cm³/mol. The van der Waals surface area contributed by atoms with Crippen LogP contribution in [0.2, 0.25) is 0 Å². The summed E-state index contributed by atoms with van der Waals surface area (Å²) in [7, 11) is 0. The second kappa shape index (κ2) is 9.54. The molecule has 0 aliphatic carbocycles. The lowest BCUT2D eigenvalue weighted by Crippen LogP contribution is -2.48. The number of ether oxygens (including phenoxy) is 1. The maximum Gasteiger partial charge on any atom is 0.328 e. The number of hydrogen-bond donors (Lipinski definition) is 2. The minimum Gasteiger partial charge on any atom is -0.461 e. The average molecular weight is 313 g/mol. The fourth-order valence-electron chi connectivity index (χ4n) is 1.41. The Hall–Kier alpha value is -2.38. The van der Waals surface area contributed by atoms with Crippen LogP contribution in [0.15, 0.2) is 0 Å². The lowest BCUT2D eigenvalue weighted by atomic mass is 10.1. The molecule has 0 aromatic heterocycles. The van der Waals surface area contributed by atoms with E-state index in [0.29, 0.717) is 6.21 Å². The fourth-order valence-corrected chi connectivity index (χ4v) is 1.41. The Balaban J connectivity index is 4.89. The van der Waals surface area contributed by atoms with Crippen molar-refractivity contribution in [1.29, 1.82) is 0 Å². The van der Waals surface area contributed by atoms with Crippen molar-refractivity contribution in [2.45, 2.75) is 51.9 Å². The van der Waals surface area contributed by atoms with Gasteiger partial charge in [0.15, 0.2) is 11.9 Å². The molecule has 0 heterocycles. The summed E-state index contributed by atoms with van der Waals surface area (Å²) in [5.41, 5.74) is 8.23. The van der Waals surface area contributed by atoms with E-state index in [0.717, 1.165) is 6.92 Å². The molecule has 22 heavy (non-hydrogen) atoms. The van der Waals surface area contributed by atoms with Gasteiger partial charge in [0.25, 0.3) is 5.91 Å². The van der Waals surface area contributed by atoms with Crippen LogP contribution in [-0.4, -0.2) is 57.8 Å². The van der Waals surface area contributed by atoms with E-state index < -0.39 is 41.7 Å². The van der Waals surface area contributed by atoms with E-state index in [1.807, 2.05) is 0 Å². The molecule has 1 amide bonds. The van der Waals surface area contributed by atoms with Crippen LogP contribution >= 0.6 is 0 Å². The Morgan fingerprint density at radius 2 is 1.91 bits per heavy atom. The summed E-state index contributed by atoms with van der Waals surface area (Å²) >= 11 is 0. The van der Waals surface area contributed by atoms with Crippen LogP contribution in [0.25, 0.3) is 5.53 Å². The molecule has 9 heteroatoms. The van der Waals surface area contributed by atoms with Gasteiger partial charge in [0.1, 0.15) is 6.04 Å². The topological polar surface area (TPSA) is 146 Å². The molecule has 122 valence electrons. The Labute approximate surface area is 127 Å². The van der Waals surface area contributed by atoms with E-state index in [9.17, 15) is 24.3 Å². The van der Waals surface area contributed by atoms with Gasteiger partial charge in [0.2, 0.25) is 5.78 Å². The van der Waals surface area contributed by atoms with Gasteiger partial charge in [-0.3, -0.25) is 14.4 Å². The monoisotopic (exact) mass is 313 g/mol. The zero-order valence-electron chi connectivity index (χ0n) is 12.6. The minimum atomic E-state index is -1.90. The van der Waals surface area contributed by atoms with E-state index >= 15 is 0 Å². The van der Waals surface area contributed by atoms with Crippen molar-refractivity contribution in [1.82, 2.24) is 5.32 Å². The van der Waals surface area contributed by atoms with Gasteiger partial charge in [0, 0.05) is 6.42 Å². The number of aliphatic hydroxyl groups is 1. The first-order valence-electron chi connectivity index (χ1n) is 6.58. The van der Waals surface area contributed by atoms with Crippen LogP contribution in [0.5, 0.6) is 0 Å². The normalized spacial score (nSPS) is 12.8. The number of carbonyl (C=O) groups is 4. The summed E-state index contributed by atoms with van der Waals surface area (Å²) in [4.78, 5) is 48.2. The number of nitrogens with zero attached hydrogens (tertiary/aromatic N) is 2.